The number of hydrogen-bond acceptors (Lipinski definition) is 4. The van der Waals surface area contributed by atoms with Gasteiger partial charge in [0.2, 0.25) is 0 Å². The highest BCUT2D eigenvalue weighted by atomic mass is 32.2. The molecule has 1 N–H and O–H groups in total. The van der Waals surface area contributed by atoms with Crippen molar-refractivity contribution in [3.63, 3.8) is 0 Å². The summed E-state index contributed by atoms with van der Waals surface area (Å²) in [6.07, 6.45) is -0.789. The van der Waals surface area contributed by atoms with Gasteiger partial charge in [0.1, 0.15) is 0 Å². The second-order valence-corrected chi connectivity index (χ2v) is 7.76. The lowest BCUT2D eigenvalue weighted by molar-refractivity contribution is 0.174. The predicted molar refractivity (Wildman–Crippen MR) is 80.7 cm³/mol. The molecule has 1 aliphatic heterocycles. The molecule has 0 spiro atoms. The van der Waals surface area contributed by atoms with Crippen molar-refractivity contribution in [1.29, 1.82) is 0 Å². The van der Waals surface area contributed by atoms with Crippen LogP contribution in [0.1, 0.15) is 25.5 Å². The Bertz CT molecular complexity index is 441. The lowest BCUT2D eigenvalue weighted by Gasteiger charge is -2.34. The monoisotopic (exact) mass is 302 g/mol. The van der Waals surface area contributed by atoms with Crippen molar-refractivity contribution in [1.82, 2.24) is 0 Å². The van der Waals surface area contributed by atoms with Gasteiger partial charge in [0.25, 0.3) is 0 Å². The molecule has 5 heteroatoms. The Hall–Kier alpha value is -0.390. The standard InChI is InChI=1S/C14H19FO2S2/c1-8-9(2)19-12(7-18-8)14(16)10-5-4-6-11(17-3)13(10)15/h4-6,8-9,12,14,16H,7H2,1-3H3. The van der Waals surface area contributed by atoms with Gasteiger partial charge in [-0.25, -0.2) is 4.39 Å². The normalized spacial score (nSPS) is 29.0. The van der Waals surface area contributed by atoms with E-state index in [2.05, 4.69) is 13.8 Å². The number of thioether (sulfide) groups is 2. The molecule has 0 bridgehead atoms. The van der Waals surface area contributed by atoms with Crippen molar-refractivity contribution < 1.29 is 14.2 Å². The average molecular weight is 302 g/mol. The van der Waals surface area contributed by atoms with Crippen LogP contribution < -0.4 is 4.74 Å². The molecule has 1 heterocycles. The Balaban J connectivity index is 2.18. The van der Waals surface area contributed by atoms with Gasteiger partial charge in [-0.3, -0.25) is 0 Å². The summed E-state index contributed by atoms with van der Waals surface area (Å²) in [7, 11) is 1.43. The van der Waals surface area contributed by atoms with E-state index in [4.69, 9.17) is 4.74 Å². The first-order chi connectivity index (χ1) is 9.04. The smallest absolute Gasteiger partial charge is 0.170 e. The van der Waals surface area contributed by atoms with Crippen LogP contribution in [0.3, 0.4) is 0 Å². The van der Waals surface area contributed by atoms with E-state index in [1.165, 1.54) is 7.11 Å². The summed E-state index contributed by atoms with van der Waals surface area (Å²) in [5.41, 5.74) is 0.333. The Kier molecular flexibility index (Phi) is 5.03. The molecule has 0 amide bonds. The third-order valence-electron chi connectivity index (χ3n) is 3.46. The molecule has 0 radical (unpaired) electrons. The first-order valence-corrected chi connectivity index (χ1v) is 8.31. The minimum atomic E-state index is -0.789. The maximum absolute atomic E-state index is 14.2. The topological polar surface area (TPSA) is 29.5 Å². The zero-order valence-corrected chi connectivity index (χ0v) is 12.9. The Labute approximate surface area is 122 Å². The van der Waals surface area contributed by atoms with Crippen LogP contribution in [0.25, 0.3) is 0 Å². The molecule has 2 rings (SSSR count). The van der Waals surface area contributed by atoms with E-state index < -0.39 is 11.9 Å². The molecule has 0 aliphatic carbocycles. The fourth-order valence-corrected chi connectivity index (χ4v) is 5.08. The summed E-state index contributed by atoms with van der Waals surface area (Å²) in [5, 5.41) is 11.5. The van der Waals surface area contributed by atoms with Crippen molar-refractivity contribution in [3.05, 3.63) is 29.6 Å². The van der Waals surface area contributed by atoms with Crippen molar-refractivity contribution in [2.24, 2.45) is 0 Å². The molecule has 1 aromatic carbocycles. The van der Waals surface area contributed by atoms with Gasteiger partial charge in [0.15, 0.2) is 11.6 Å². The van der Waals surface area contributed by atoms with Gasteiger partial charge in [-0.2, -0.15) is 23.5 Å². The van der Waals surface area contributed by atoms with Crippen LogP contribution in [0.2, 0.25) is 0 Å². The van der Waals surface area contributed by atoms with Gasteiger partial charge >= 0.3 is 0 Å². The van der Waals surface area contributed by atoms with Crippen LogP contribution in [0, 0.1) is 5.82 Å². The van der Waals surface area contributed by atoms with Gasteiger partial charge in [0.05, 0.1) is 13.2 Å². The summed E-state index contributed by atoms with van der Waals surface area (Å²) >= 11 is 3.58. The maximum Gasteiger partial charge on any atom is 0.170 e. The number of rotatable bonds is 3. The molecular formula is C14H19FO2S2. The fourth-order valence-electron chi connectivity index (χ4n) is 2.09. The van der Waals surface area contributed by atoms with E-state index in [1.54, 1.807) is 30.0 Å². The van der Waals surface area contributed by atoms with Gasteiger partial charge in [-0.1, -0.05) is 26.0 Å². The quantitative estimate of drug-likeness (QED) is 0.925. The van der Waals surface area contributed by atoms with E-state index in [9.17, 15) is 9.50 Å². The average Bonchev–Trinajstić information content (AvgIpc) is 2.41. The maximum atomic E-state index is 14.2. The van der Waals surface area contributed by atoms with Crippen molar-refractivity contribution in [2.45, 2.75) is 35.7 Å². The molecule has 1 fully saturated rings. The van der Waals surface area contributed by atoms with E-state index in [0.29, 0.717) is 16.1 Å². The number of hydrogen-bond donors (Lipinski definition) is 1. The summed E-state index contributed by atoms with van der Waals surface area (Å²) in [6.45, 7) is 4.35. The molecule has 0 aromatic heterocycles. The van der Waals surface area contributed by atoms with E-state index >= 15 is 0 Å². The SMILES string of the molecule is COc1cccc(C(O)C2CSC(C)C(C)S2)c1F. The minimum absolute atomic E-state index is 0.0257. The second-order valence-electron chi connectivity index (χ2n) is 4.73. The van der Waals surface area contributed by atoms with Crippen molar-refractivity contribution >= 4 is 23.5 Å². The number of benzene rings is 1. The molecule has 1 aliphatic rings. The molecule has 1 saturated heterocycles. The highest BCUT2D eigenvalue weighted by Crippen LogP contribution is 2.42. The fraction of sp³-hybridized carbons (Fsp3) is 0.571. The zero-order valence-electron chi connectivity index (χ0n) is 11.3. The molecule has 19 heavy (non-hydrogen) atoms. The summed E-state index contributed by atoms with van der Waals surface area (Å²) in [5.74, 6) is 0.578. The first-order valence-electron chi connectivity index (χ1n) is 6.32. The van der Waals surface area contributed by atoms with Crippen LogP contribution in [-0.4, -0.2) is 33.7 Å². The number of ether oxygens (including phenoxy) is 1. The Morgan fingerprint density at radius 3 is 2.74 bits per heavy atom. The van der Waals surface area contributed by atoms with Crippen LogP contribution in [0.15, 0.2) is 18.2 Å². The largest absolute Gasteiger partial charge is 0.494 e. The van der Waals surface area contributed by atoms with Crippen molar-refractivity contribution in [3.8, 4) is 5.75 Å². The number of aliphatic hydroxyl groups excluding tert-OH is 1. The molecule has 106 valence electrons. The third kappa shape index (κ3) is 3.20. The predicted octanol–water partition coefficient (Wildman–Crippen LogP) is 3.49. The molecule has 0 saturated carbocycles. The van der Waals surface area contributed by atoms with Crippen molar-refractivity contribution in [2.75, 3.05) is 12.9 Å². The summed E-state index contributed by atoms with van der Waals surface area (Å²) in [6, 6.07) is 4.92. The summed E-state index contributed by atoms with van der Waals surface area (Å²) < 4.78 is 19.1. The Morgan fingerprint density at radius 1 is 1.37 bits per heavy atom. The zero-order chi connectivity index (χ0) is 14.0. The lowest BCUT2D eigenvalue weighted by Crippen LogP contribution is -2.30. The second kappa shape index (κ2) is 6.37. The molecular weight excluding hydrogens is 283 g/mol. The van der Waals surface area contributed by atoms with Crippen LogP contribution >= 0.6 is 23.5 Å². The van der Waals surface area contributed by atoms with Crippen LogP contribution in [0.4, 0.5) is 4.39 Å². The van der Waals surface area contributed by atoms with Crippen LogP contribution in [-0.2, 0) is 0 Å². The molecule has 4 atom stereocenters. The summed E-state index contributed by atoms with van der Waals surface area (Å²) in [4.78, 5) is 0. The molecule has 2 nitrogen and oxygen atoms in total. The highest BCUT2D eigenvalue weighted by Gasteiger charge is 2.32. The lowest BCUT2D eigenvalue weighted by atomic mass is 10.1. The van der Waals surface area contributed by atoms with E-state index in [0.717, 1.165) is 5.75 Å². The van der Waals surface area contributed by atoms with E-state index in [-0.39, 0.29) is 11.0 Å². The van der Waals surface area contributed by atoms with Gasteiger partial charge in [0, 0.05) is 27.1 Å². The number of methoxy groups -OCH3 is 1. The number of aliphatic hydroxyl groups is 1. The number of halogens is 1. The van der Waals surface area contributed by atoms with Gasteiger partial charge in [-0.05, 0) is 6.07 Å². The third-order valence-corrected chi connectivity index (χ3v) is 6.94. The van der Waals surface area contributed by atoms with Crippen LogP contribution in [0.5, 0.6) is 5.75 Å². The van der Waals surface area contributed by atoms with E-state index in [1.807, 2.05) is 11.8 Å². The first kappa shape index (κ1) is 15.0. The minimum Gasteiger partial charge on any atom is -0.494 e. The Morgan fingerprint density at radius 2 is 2.11 bits per heavy atom. The molecule has 4 unspecified atom stereocenters. The highest BCUT2D eigenvalue weighted by molar-refractivity contribution is 8.07. The van der Waals surface area contributed by atoms with Gasteiger partial charge < -0.3 is 9.84 Å². The van der Waals surface area contributed by atoms with Gasteiger partial charge in [-0.15, -0.1) is 0 Å². The molecule has 1 aromatic rings.